The summed E-state index contributed by atoms with van der Waals surface area (Å²) in [5, 5.41) is 0. The van der Waals surface area contributed by atoms with Gasteiger partial charge in [0.2, 0.25) is 5.91 Å². The molecule has 0 radical (unpaired) electrons. The lowest BCUT2D eigenvalue weighted by Gasteiger charge is -2.21. The largest absolute Gasteiger partial charge is 0.341 e. The van der Waals surface area contributed by atoms with Crippen molar-refractivity contribution in [1.29, 1.82) is 0 Å². The molecule has 1 aromatic carbocycles. The van der Waals surface area contributed by atoms with Crippen LogP contribution in [-0.4, -0.2) is 17.9 Å². The second kappa shape index (κ2) is 6.38. The van der Waals surface area contributed by atoms with Crippen molar-refractivity contribution in [3.05, 3.63) is 35.6 Å². The van der Waals surface area contributed by atoms with Gasteiger partial charge in [0.05, 0.1) is 0 Å². The number of carbonyl (C=O) groups is 1. The van der Waals surface area contributed by atoms with Gasteiger partial charge in [0.15, 0.2) is 0 Å². The first-order chi connectivity index (χ1) is 8.06. The molecule has 1 aromatic rings. The minimum atomic E-state index is -0.254. The van der Waals surface area contributed by atoms with Crippen molar-refractivity contribution in [3.8, 4) is 0 Å². The van der Waals surface area contributed by atoms with Crippen molar-refractivity contribution in [3.63, 3.8) is 0 Å². The zero-order valence-corrected chi connectivity index (χ0v) is 10.7. The Morgan fingerprint density at radius 1 is 1.41 bits per heavy atom. The van der Waals surface area contributed by atoms with Gasteiger partial charge in [-0.3, -0.25) is 4.79 Å². The second-order valence-electron chi connectivity index (χ2n) is 4.48. The summed E-state index contributed by atoms with van der Waals surface area (Å²) in [6, 6.07) is 6.57. The molecule has 1 amide bonds. The fourth-order valence-electron chi connectivity index (χ4n) is 1.89. The van der Waals surface area contributed by atoms with E-state index in [9.17, 15) is 9.18 Å². The van der Waals surface area contributed by atoms with E-state index in [0.29, 0.717) is 12.1 Å². The maximum absolute atomic E-state index is 13.4. The summed E-state index contributed by atoms with van der Waals surface area (Å²) in [6.45, 7) is 4.31. The van der Waals surface area contributed by atoms with Crippen LogP contribution in [0.2, 0.25) is 0 Å². The Labute approximate surface area is 102 Å². The molecule has 1 atom stereocenters. The number of amides is 1. The van der Waals surface area contributed by atoms with E-state index in [2.05, 4.69) is 6.92 Å². The molecule has 1 rings (SSSR count). The van der Waals surface area contributed by atoms with Crippen LogP contribution in [0.25, 0.3) is 0 Å². The third kappa shape index (κ3) is 3.84. The molecule has 0 bridgehead atoms. The molecule has 0 aliphatic carbocycles. The van der Waals surface area contributed by atoms with Crippen LogP contribution in [0.5, 0.6) is 0 Å². The molecule has 2 nitrogen and oxygen atoms in total. The molecular formula is C14H20FNO. The van der Waals surface area contributed by atoms with E-state index in [4.69, 9.17) is 0 Å². The highest BCUT2D eigenvalue weighted by Crippen LogP contribution is 2.13. The van der Waals surface area contributed by atoms with Gasteiger partial charge in [0.25, 0.3) is 0 Å². The van der Waals surface area contributed by atoms with E-state index < -0.39 is 0 Å². The molecule has 17 heavy (non-hydrogen) atoms. The molecule has 3 heteroatoms. The first-order valence-corrected chi connectivity index (χ1v) is 6.04. The minimum Gasteiger partial charge on any atom is -0.341 e. The van der Waals surface area contributed by atoms with Crippen molar-refractivity contribution in [2.75, 3.05) is 7.05 Å². The van der Waals surface area contributed by atoms with Crippen LogP contribution in [0.4, 0.5) is 4.39 Å². The number of rotatable bonds is 5. The molecule has 94 valence electrons. The highest BCUT2D eigenvalue weighted by Gasteiger charge is 2.17. The Kier molecular flexibility index (Phi) is 5.13. The van der Waals surface area contributed by atoms with E-state index >= 15 is 0 Å². The van der Waals surface area contributed by atoms with Crippen LogP contribution in [0.1, 0.15) is 32.3 Å². The van der Waals surface area contributed by atoms with Gasteiger partial charge in [-0.15, -0.1) is 0 Å². The maximum atomic E-state index is 13.4. The van der Waals surface area contributed by atoms with E-state index in [1.165, 1.54) is 6.07 Å². The van der Waals surface area contributed by atoms with Crippen LogP contribution in [-0.2, 0) is 11.3 Å². The molecule has 0 N–H and O–H groups in total. The number of halogens is 1. The maximum Gasteiger partial charge on any atom is 0.225 e. The molecular weight excluding hydrogens is 217 g/mol. The Morgan fingerprint density at radius 2 is 2.06 bits per heavy atom. The Bertz CT molecular complexity index is 378. The summed E-state index contributed by atoms with van der Waals surface area (Å²) in [4.78, 5) is 13.5. The van der Waals surface area contributed by atoms with E-state index in [-0.39, 0.29) is 17.6 Å². The van der Waals surface area contributed by atoms with Gasteiger partial charge in [-0.2, -0.15) is 0 Å². The predicted molar refractivity (Wildman–Crippen MR) is 66.9 cm³/mol. The molecule has 0 aliphatic rings. The lowest BCUT2D eigenvalue weighted by atomic mass is 10.0. The quantitative estimate of drug-likeness (QED) is 0.770. The molecule has 0 saturated carbocycles. The van der Waals surface area contributed by atoms with Crippen LogP contribution < -0.4 is 0 Å². The lowest BCUT2D eigenvalue weighted by Crippen LogP contribution is -2.31. The number of hydrogen-bond donors (Lipinski definition) is 0. The number of carbonyl (C=O) groups excluding carboxylic acids is 1. The average Bonchev–Trinajstić information content (AvgIpc) is 2.31. The van der Waals surface area contributed by atoms with Crippen molar-refractivity contribution in [1.82, 2.24) is 4.90 Å². The van der Waals surface area contributed by atoms with Gasteiger partial charge in [-0.05, 0) is 12.5 Å². The van der Waals surface area contributed by atoms with Crippen molar-refractivity contribution >= 4 is 5.91 Å². The Balaban J connectivity index is 2.63. The normalized spacial score (nSPS) is 12.2. The molecule has 0 spiro atoms. The number of nitrogens with zero attached hydrogens (tertiary/aromatic N) is 1. The average molecular weight is 237 g/mol. The topological polar surface area (TPSA) is 20.3 Å². The standard InChI is InChI=1S/C14H20FNO/c1-4-7-11(2)14(17)16(3)10-12-8-5-6-9-13(12)15/h5-6,8-9,11H,4,7,10H2,1-3H3. The van der Waals surface area contributed by atoms with Gasteiger partial charge < -0.3 is 4.90 Å². The molecule has 1 unspecified atom stereocenters. The summed E-state index contributed by atoms with van der Waals surface area (Å²) in [6.07, 6.45) is 1.86. The smallest absolute Gasteiger partial charge is 0.225 e. The zero-order chi connectivity index (χ0) is 12.8. The SMILES string of the molecule is CCCC(C)C(=O)N(C)Cc1ccccc1F. The minimum absolute atomic E-state index is 0.0109. The van der Waals surface area contributed by atoms with Crippen LogP contribution in [0, 0.1) is 11.7 Å². The van der Waals surface area contributed by atoms with Crippen LogP contribution in [0.15, 0.2) is 24.3 Å². The first-order valence-electron chi connectivity index (χ1n) is 6.04. The summed E-state index contributed by atoms with van der Waals surface area (Å²) in [7, 11) is 1.72. The lowest BCUT2D eigenvalue weighted by molar-refractivity contribution is -0.134. The fourth-order valence-corrected chi connectivity index (χ4v) is 1.89. The van der Waals surface area contributed by atoms with Crippen LogP contribution in [0.3, 0.4) is 0 Å². The van der Waals surface area contributed by atoms with Gasteiger partial charge in [-0.25, -0.2) is 4.39 Å². The Morgan fingerprint density at radius 3 is 2.65 bits per heavy atom. The van der Waals surface area contributed by atoms with E-state index in [1.54, 1.807) is 30.1 Å². The summed E-state index contributed by atoms with van der Waals surface area (Å²) < 4.78 is 13.4. The Hall–Kier alpha value is -1.38. The highest BCUT2D eigenvalue weighted by molar-refractivity contribution is 5.78. The molecule has 0 aromatic heterocycles. The molecule has 0 heterocycles. The third-order valence-corrected chi connectivity index (χ3v) is 2.88. The monoisotopic (exact) mass is 237 g/mol. The summed E-state index contributed by atoms with van der Waals surface area (Å²) >= 11 is 0. The number of hydrogen-bond acceptors (Lipinski definition) is 1. The highest BCUT2D eigenvalue weighted by atomic mass is 19.1. The van der Waals surface area contributed by atoms with Crippen LogP contribution >= 0.6 is 0 Å². The van der Waals surface area contributed by atoms with E-state index in [1.807, 2.05) is 6.92 Å². The second-order valence-corrected chi connectivity index (χ2v) is 4.48. The van der Waals surface area contributed by atoms with Crippen molar-refractivity contribution < 1.29 is 9.18 Å². The molecule has 0 saturated heterocycles. The molecule has 0 aliphatic heterocycles. The van der Waals surface area contributed by atoms with Gasteiger partial charge in [-0.1, -0.05) is 38.5 Å². The third-order valence-electron chi connectivity index (χ3n) is 2.88. The fraction of sp³-hybridized carbons (Fsp3) is 0.500. The zero-order valence-electron chi connectivity index (χ0n) is 10.7. The summed E-state index contributed by atoms with van der Waals surface area (Å²) in [5.41, 5.74) is 0.562. The summed E-state index contributed by atoms with van der Waals surface area (Å²) in [5.74, 6) is -0.165. The number of benzene rings is 1. The van der Waals surface area contributed by atoms with E-state index in [0.717, 1.165) is 12.8 Å². The van der Waals surface area contributed by atoms with Gasteiger partial charge in [0, 0.05) is 25.1 Å². The molecule has 0 fully saturated rings. The van der Waals surface area contributed by atoms with Crippen molar-refractivity contribution in [2.24, 2.45) is 5.92 Å². The predicted octanol–water partition coefficient (Wildman–Crippen LogP) is 3.22. The van der Waals surface area contributed by atoms with Crippen molar-refractivity contribution in [2.45, 2.75) is 33.2 Å². The van der Waals surface area contributed by atoms with Gasteiger partial charge in [0.1, 0.15) is 5.82 Å². The van der Waals surface area contributed by atoms with Gasteiger partial charge >= 0.3 is 0 Å². The first kappa shape index (κ1) is 13.7.